The van der Waals surface area contributed by atoms with Gasteiger partial charge in [-0.2, -0.15) is 11.3 Å². The van der Waals surface area contributed by atoms with Crippen molar-refractivity contribution in [2.45, 2.75) is 51.6 Å². The van der Waals surface area contributed by atoms with Gasteiger partial charge in [0, 0.05) is 46.2 Å². The van der Waals surface area contributed by atoms with Crippen molar-refractivity contribution in [3.63, 3.8) is 0 Å². The van der Waals surface area contributed by atoms with Gasteiger partial charge in [-0.15, -0.1) is 0 Å². The first-order chi connectivity index (χ1) is 17.0. The summed E-state index contributed by atoms with van der Waals surface area (Å²) in [6.45, 7) is 4.00. The van der Waals surface area contributed by atoms with Crippen molar-refractivity contribution in [2.75, 3.05) is 5.32 Å². The monoisotopic (exact) mass is 501 g/mol. The number of halogens is 3. The average molecular weight is 502 g/mol. The number of nitrogens with one attached hydrogen (secondary N) is 3. The maximum atomic E-state index is 14.6. The molecule has 1 amide bonds. The molecule has 4 aromatic rings. The summed E-state index contributed by atoms with van der Waals surface area (Å²) in [5, 5.41) is 10.1. The lowest BCUT2D eigenvalue weighted by Gasteiger charge is -2.30. The Balaban J connectivity index is 0.00000141. The highest BCUT2D eigenvalue weighted by Gasteiger charge is 2.26. The van der Waals surface area contributed by atoms with Crippen molar-refractivity contribution in [3.05, 3.63) is 64.4 Å². The number of hydrogen-bond acceptors (Lipinski definition) is 5. The molecule has 35 heavy (non-hydrogen) atoms. The minimum absolute atomic E-state index is 0.0608. The summed E-state index contributed by atoms with van der Waals surface area (Å²) in [4.78, 5) is 23.4. The van der Waals surface area contributed by atoms with E-state index >= 15 is 0 Å². The molecule has 10 heteroatoms. The summed E-state index contributed by atoms with van der Waals surface area (Å²) in [6.07, 6.45) is 5.55. The molecule has 1 saturated carbocycles. The van der Waals surface area contributed by atoms with Crippen LogP contribution in [-0.2, 0) is 0 Å². The van der Waals surface area contributed by atoms with Crippen LogP contribution in [0.4, 0.5) is 19.0 Å². The van der Waals surface area contributed by atoms with E-state index < -0.39 is 17.5 Å². The molecule has 2 atom stereocenters. The predicted octanol–water partition coefficient (Wildman–Crippen LogP) is 6.28. The molecule has 0 bridgehead atoms. The molecule has 1 aliphatic rings. The maximum Gasteiger partial charge on any atom is 0.252 e. The van der Waals surface area contributed by atoms with Crippen LogP contribution in [0, 0.1) is 17.5 Å². The first-order valence-electron chi connectivity index (χ1n) is 11.6. The van der Waals surface area contributed by atoms with Gasteiger partial charge in [0.1, 0.15) is 17.2 Å². The Morgan fingerprint density at radius 2 is 1.94 bits per heavy atom. The fraction of sp³-hybridized carbons (Fsp3) is 0.320. The zero-order valence-electron chi connectivity index (χ0n) is 19.4. The SMILES string of the molecule is CC.O=C(NC1CCCC(Nc2nc(-c3c[nH]c4ncc(F)cc34)c(F)cc2F)C1)c1ccsc1. The molecule has 5 rings (SSSR count). The van der Waals surface area contributed by atoms with Gasteiger partial charge in [0.25, 0.3) is 5.91 Å². The highest BCUT2D eigenvalue weighted by molar-refractivity contribution is 7.08. The molecule has 0 aromatic carbocycles. The second-order valence-electron chi connectivity index (χ2n) is 8.09. The molecule has 1 fully saturated rings. The molecule has 0 radical (unpaired) electrons. The zero-order valence-corrected chi connectivity index (χ0v) is 20.2. The molecular weight excluding hydrogens is 475 g/mol. The minimum atomic E-state index is -0.854. The van der Waals surface area contributed by atoms with Gasteiger partial charge in [0.2, 0.25) is 0 Å². The fourth-order valence-corrected chi connectivity index (χ4v) is 4.87. The minimum Gasteiger partial charge on any atom is -0.365 e. The van der Waals surface area contributed by atoms with Crippen molar-refractivity contribution in [1.82, 2.24) is 20.3 Å². The molecule has 0 aliphatic heterocycles. The summed E-state index contributed by atoms with van der Waals surface area (Å²) in [5.74, 6) is -2.45. The predicted molar refractivity (Wildman–Crippen MR) is 132 cm³/mol. The zero-order chi connectivity index (χ0) is 24.9. The number of aromatic nitrogens is 3. The maximum absolute atomic E-state index is 14.6. The number of H-pyrrole nitrogens is 1. The molecule has 2 unspecified atom stereocenters. The lowest BCUT2D eigenvalue weighted by Crippen LogP contribution is -2.41. The third kappa shape index (κ3) is 5.48. The molecule has 0 spiro atoms. The van der Waals surface area contributed by atoms with E-state index in [0.29, 0.717) is 28.6 Å². The van der Waals surface area contributed by atoms with Crippen molar-refractivity contribution < 1.29 is 18.0 Å². The van der Waals surface area contributed by atoms with Crippen LogP contribution in [0.5, 0.6) is 0 Å². The van der Waals surface area contributed by atoms with E-state index in [1.165, 1.54) is 23.6 Å². The Labute approximate surface area is 205 Å². The molecule has 3 N–H and O–H groups in total. The lowest BCUT2D eigenvalue weighted by atomic mass is 9.90. The number of amides is 1. The van der Waals surface area contributed by atoms with E-state index in [4.69, 9.17) is 0 Å². The van der Waals surface area contributed by atoms with Crippen molar-refractivity contribution in [3.8, 4) is 11.3 Å². The summed E-state index contributed by atoms with van der Waals surface area (Å²) >= 11 is 1.46. The molecule has 6 nitrogen and oxygen atoms in total. The van der Waals surface area contributed by atoms with Gasteiger partial charge in [0.05, 0.1) is 6.20 Å². The number of aromatic amines is 1. The van der Waals surface area contributed by atoms with Crippen LogP contribution >= 0.6 is 11.3 Å². The Morgan fingerprint density at radius 1 is 1.14 bits per heavy atom. The number of hydrogen-bond donors (Lipinski definition) is 3. The number of rotatable bonds is 5. The van der Waals surface area contributed by atoms with E-state index in [2.05, 4.69) is 25.6 Å². The Hall–Kier alpha value is -3.40. The van der Waals surface area contributed by atoms with Crippen LogP contribution in [0.25, 0.3) is 22.3 Å². The van der Waals surface area contributed by atoms with Crippen LogP contribution in [-0.4, -0.2) is 32.9 Å². The van der Waals surface area contributed by atoms with E-state index in [0.717, 1.165) is 31.5 Å². The van der Waals surface area contributed by atoms with Gasteiger partial charge in [-0.05, 0) is 43.2 Å². The molecule has 4 heterocycles. The number of nitrogens with zero attached hydrogens (tertiary/aromatic N) is 2. The highest BCUT2D eigenvalue weighted by atomic mass is 32.1. The second kappa shape index (κ2) is 10.9. The first-order valence-corrected chi connectivity index (χ1v) is 12.5. The van der Waals surface area contributed by atoms with Gasteiger partial charge in [-0.25, -0.2) is 23.1 Å². The van der Waals surface area contributed by atoms with Crippen molar-refractivity contribution >= 4 is 34.1 Å². The van der Waals surface area contributed by atoms with Gasteiger partial charge in [-0.3, -0.25) is 4.79 Å². The number of fused-ring (bicyclic) bond motifs is 1. The number of thiophene rings is 1. The Bertz CT molecular complexity index is 1310. The third-order valence-electron chi connectivity index (χ3n) is 5.82. The summed E-state index contributed by atoms with van der Waals surface area (Å²) in [7, 11) is 0. The number of anilines is 1. The highest BCUT2D eigenvalue weighted by Crippen LogP contribution is 2.32. The standard InChI is InChI=1S/C23H20F3N5OS.C2H6/c24-13-6-16-17(10-28-21(16)27-9-13)20-18(25)8-19(26)22(31-20)29-14-2-1-3-15(7-14)30-23(32)12-4-5-33-11-12;1-2/h4-6,8-11,14-15H,1-3,7H2,(H,27,28)(H,29,31)(H,30,32);1-2H3. The fourth-order valence-electron chi connectivity index (χ4n) is 4.24. The number of carbonyl (C=O) groups is 1. The van der Waals surface area contributed by atoms with Gasteiger partial charge in [0.15, 0.2) is 17.5 Å². The van der Waals surface area contributed by atoms with Crippen molar-refractivity contribution in [1.29, 1.82) is 0 Å². The second-order valence-corrected chi connectivity index (χ2v) is 8.87. The molecule has 4 aromatic heterocycles. The summed E-state index contributed by atoms with van der Waals surface area (Å²) < 4.78 is 42.9. The van der Waals surface area contributed by atoms with Crippen LogP contribution in [0.1, 0.15) is 49.9 Å². The number of carbonyl (C=O) groups excluding carboxylic acids is 1. The molecule has 0 saturated heterocycles. The van der Waals surface area contributed by atoms with Gasteiger partial charge >= 0.3 is 0 Å². The van der Waals surface area contributed by atoms with E-state index in [9.17, 15) is 18.0 Å². The largest absolute Gasteiger partial charge is 0.365 e. The lowest BCUT2D eigenvalue weighted by molar-refractivity contribution is 0.0927. The Kier molecular flexibility index (Phi) is 7.70. The van der Waals surface area contributed by atoms with Crippen LogP contribution in [0.2, 0.25) is 0 Å². The number of pyridine rings is 2. The summed E-state index contributed by atoms with van der Waals surface area (Å²) in [6, 6.07) is 3.57. The first kappa shape index (κ1) is 24.7. The Morgan fingerprint density at radius 3 is 2.71 bits per heavy atom. The summed E-state index contributed by atoms with van der Waals surface area (Å²) in [5.41, 5.74) is 1.19. The quantitative estimate of drug-likeness (QED) is 0.300. The van der Waals surface area contributed by atoms with E-state index in [-0.39, 0.29) is 29.5 Å². The van der Waals surface area contributed by atoms with Crippen molar-refractivity contribution in [2.24, 2.45) is 0 Å². The topological polar surface area (TPSA) is 82.7 Å². The average Bonchev–Trinajstić information content (AvgIpc) is 3.53. The van der Waals surface area contributed by atoms with Gasteiger partial charge < -0.3 is 15.6 Å². The van der Waals surface area contributed by atoms with E-state index in [1.54, 1.807) is 11.4 Å². The smallest absolute Gasteiger partial charge is 0.252 e. The third-order valence-corrected chi connectivity index (χ3v) is 6.50. The normalized spacial score (nSPS) is 17.5. The van der Waals surface area contributed by atoms with E-state index in [1.807, 2.05) is 19.2 Å². The molecule has 184 valence electrons. The molecular formula is C25H26F3N5OS. The molecule has 1 aliphatic carbocycles. The van der Waals surface area contributed by atoms with Crippen LogP contribution in [0.3, 0.4) is 0 Å². The van der Waals surface area contributed by atoms with Crippen LogP contribution < -0.4 is 10.6 Å². The van der Waals surface area contributed by atoms with Gasteiger partial charge in [-0.1, -0.05) is 13.8 Å². The van der Waals surface area contributed by atoms with Crippen LogP contribution in [0.15, 0.2) is 41.4 Å².